The van der Waals surface area contributed by atoms with Gasteiger partial charge in [0, 0.05) is 12.1 Å². The number of carbonyl (C=O) groups excluding carboxylic acids is 1. The first-order valence-electron chi connectivity index (χ1n) is 3.96. The van der Waals surface area contributed by atoms with E-state index in [9.17, 15) is 9.90 Å². The van der Waals surface area contributed by atoms with Crippen LogP contribution in [0.1, 0.15) is 26.7 Å². The Morgan fingerprint density at radius 2 is 2.27 bits per heavy atom. The Labute approximate surface area is 67.0 Å². The molecule has 1 aliphatic heterocycles. The number of hydrogen-bond donors (Lipinski definition) is 1. The van der Waals surface area contributed by atoms with Gasteiger partial charge in [0.25, 0.3) is 0 Å². The molecule has 0 bridgehead atoms. The Morgan fingerprint density at radius 1 is 1.64 bits per heavy atom. The Hall–Kier alpha value is -0.570. The molecule has 64 valence electrons. The van der Waals surface area contributed by atoms with E-state index < -0.39 is 0 Å². The van der Waals surface area contributed by atoms with Crippen LogP contribution >= 0.6 is 0 Å². The van der Waals surface area contributed by atoms with E-state index in [1.54, 1.807) is 4.90 Å². The van der Waals surface area contributed by atoms with Crippen LogP contribution in [0.4, 0.5) is 0 Å². The number of aliphatic hydroxyl groups excluding tert-OH is 1. The van der Waals surface area contributed by atoms with Crippen LogP contribution in [0, 0.1) is 0 Å². The van der Waals surface area contributed by atoms with E-state index in [4.69, 9.17) is 0 Å². The van der Waals surface area contributed by atoms with E-state index in [1.165, 1.54) is 0 Å². The molecule has 1 aliphatic rings. The minimum Gasteiger partial charge on any atom is -0.393 e. The molecule has 0 aliphatic carbocycles. The summed E-state index contributed by atoms with van der Waals surface area (Å²) in [5.74, 6) is 0. The molecule has 0 aromatic carbocycles. The summed E-state index contributed by atoms with van der Waals surface area (Å²) in [7, 11) is 0. The van der Waals surface area contributed by atoms with Gasteiger partial charge in [0.2, 0.25) is 6.41 Å². The fourth-order valence-corrected chi connectivity index (χ4v) is 1.58. The number of nitrogens with zero attached hydrogens (tertiary/aromatic N) is 1. The van der Waals surface area contributed by atoms with Crippen LogP contribution in [-0.4, -0.2) is 34.6 Å². The monoisotopic (exact) mass is 157 g/mol. The van der Waals surface area contributed by atoms with Gasteiger partial charge in [0.05, 0.1) is 6.10 Å². The van der Waals surface area contributed by atoms with E-state index in [-0.39, 0.29) is 11.6 Å². The van der Waals surface area contributed by atoms with Gasteiger partial charge in [-0.1, -0.05) is 0 Å². The van der Waals surface area contributed by atoms with Crippen molar-refractivity contribution in [3.63, 3.8) is 0 Å². The van der Waals surface area contributed by atoms with Crippen LogP contribution in [0.25, 0.3) is 0 Å². The highest BCUT2D eigenvalue weighted by Gasteiger charge is 2.32. The molecule has 0 aromatic rings. The third-order valence-electron chi connectivity index (χ3n) is 2.34. The molecule has 1 saturated heterocycles. The maximum absolute atomic E-state index is 10.5. The summed E-state index contributed by atoms with van der Waals surface area (Å²) in [5, 5.41) is 9.32. The van der Waals surface area contributed by atoms with Gasteiger partial charge in [-0.2, -0.15) is 0 Å². The third-order valence-corrected chi connectivity index (χ3v) is 2.34. The van der Waals surface area contributed by atoms with Crippen LogP contribution in [0.5, 0.6) is 0 Å². The van der Waals surface area contributed by atoms with Crippen molar-refractivity contribution in [1.82, 2.24) is 4.90 Å². The Kier molecular flexibility index (Phi) is 2.18. The molecule has 3 nitrogen and oxygen atoms in total. The largest absolute Gasteiger partial charge is 0.393 e. The van der Waals surface area contributed by atoms with Crippen molar-refractivity contribution in [3.8, 4) is 0 Å². The topological polar surface area (TPSA) is 40.5 Å². The predicted octanol–water partition coefficient (Wildman–Crippen LogP) is 0.378. The standard InChI is InChI=1S/C8H15NO2/c1-8(2)5-7(11)3-4-9(8)6-10/h6-7,11H,3-5H2,1-2H3. The summed E-state index contributed by atoms with van der Waals surface area (Å²) in [5.41, 5.74) is -0.167. The number of carbonyl (C=O) groups is 1. The normalized spacial score (nSPS) is 30.1. The summed E-state index contributed by atoms with van der Waals surface area (Å²) in [6, 6.07) is 0. The minimum absolute atomic E-state index is 0.167. The fraction of sp³-hybridized carbons (Fsp3) is 0.875. The molecular formula is C8H15NO2. The second-order valence-corrected chi connectivity index (χ2v) is 3.76. The molecule has 1 N–H and O–H groups in total. The first kappa shape index (κ1) is 8.53. The van der Waals surface area contributed by atoms with Crippen LogP contribution < -0.4 is 0 Å². The van der Waals surface area contributed by atoms with Crippen LogP contribution in [0.3, 0.4) is 0 Å². The van der Waals surface area contributed by atoms with E-state index >= 15 is 0 Å². The van der Waals surface area contributed by atoms with Crippen molar-refractivity contribution in [2.75, 3.05) is 6.54 Å². The molecule has 1 unspecified atom stereocenters. The van der Waals surface area contributed by atoms with Gasteiger partial charge in [0.15, 0.2) is 0 Å². The average molecular weight is 157 g/mol. The van der Waals surface area contributed by atoms with Crippen molar-refractivity contribution < 1.29 is 9.90 Å². The predicted molar refractivity (Wildman–Crippen MR) is 42.1 cm³/mol. The van der Waals surface area contributed by atoms with Crippen molar-refractivity contribution >= 4 is 6.41 Å². The molecule has 1 atom stereocenters. The van der Waals surface area contributed by atoms with Crippen molar-refractivity contribution in [3.05, 3.63) is 0 Å². The Balaban J connectivity index is 2.63. The van der Waals surface area contributed by atoms with Crippen LogP contribution in [0.2, 0.25) is 0 Å². The molecule has 0 saturated carbocycles. The first-order chi connectivity index (χ1) is 5.06. The van der Waals surface area contributed by atoms with Gasteiger partial charge in [-0.15, -0.1) is 0 Å². The van der Waals surface area contributed by atoms with Gasteiger partial charge < -0.3 is 10.0 Å². The molecule has 0 radical (unpaired) electrons. The summed E-state index contributed by atoms with van der Waals surface area (Å²) < 4.78 is 0. The van der Waals surface area contributed by atoms with Gasteiger partial charge in [-0.3, -0.25) is 4.79 Å². The summed E-state index contributed by atoms with van der Waals surface area (Å²) in [6.45, 7) is 4.63. The molecule has 1 heterocycles. The lowest BCUT2D eigenvalue weighted by molar-refractivity contribution is -0.127. The number of hydrogen-bond acceptors (Lipinski definition) is 2. The zero-order valence-corrected chi connectivity index (χ0v) is 7.08. The Bertz CT molecular complexity index is 156. The van der Waals surface area contributed by atoms with E-state index in [2.05, 4.69) is 0 Å². The molecular weight excluding hydrogens is 142 g/mol. The number of piperidine rings is 1. The minimum atomic E-state index is -0.235. The summed E-state index contributed by atoms with van der Waals surface area (Å²) >= 11 is 0. The van der Waals surface area contributed by atoms with Crippen LogP contribution in [0.15, 0.2) is 0 Å². The lowest BCUT2D eigenvalue weighted by Gasteiger charge is -2.41. The molecule has 1 fully saturated rings. The molecule has 0 aromatic heterocycles. The zero-order chi connectivity index (χ0) is 8.48. The van der Waals surface area contributed by atoms with Gasteiger partial charge in [-0.05, 0) is 26.7 Å². The number of aliphatic hydroxyl groups is 1. The smallest absolute Gasteiger partial charge is 0.210 e. The second kappa shape index (κ2) is 2.81. The van der Waals surface area contributed by atoms with Gasteiger partial charge in [0.1, 0.15) is 0 Å². The fourth-order valence-electron chi connectivity index (χ4n) is 1.58. The third kappa shape index (κ3) is 1.71. The van der Waals surface area contributed by atoms with Gasteiger partial charge >= 0.3 is 0 Å². The number of likely N-dealkylation sites (tertiary alicyclic amines) is 1. The SMILES string of the molecule is CC1(C)CC(O)CCN1C=O. The van der Waals surface area contributed by atoms with E-state index in [0.717, 1.165) is 6.41 Å². The number of amides is 1. The average Bonchev–Trinajstić information content (AvgIpc) is 1.85. The molecule has 3 heteroatoms. The first-order valence-corrected chi connectivity index (χ1v) is 3.96. The highest BCUT2D eigenvalue weighted by atomic mass is 16.3. The molecule has 0 spiro atoms. The molecule has 11 heavy (non-hydrogen) atoms. The summed E-state index contributed by atoms with van der Waals surface area (Å²) in [6.07, 6.45) is 2.03. The Morgan fingerprint density at radius 3 is 2.73 bits per heavy atom. The zero-order valence-electron chi connectivity index (χ0n) is 7.08. The summed E-state index contributed by atoms with van der Waals surface area (Å²) in [4.78, 5) is 12.3. The maximum atomic E-state index is 10.5. The van der Waals surface area contributed by atoms with Gasteiger partial charge in [-0.25, -0.2) is 0 Å². The van der Waals surface area contributed by atoms with Crippen molar-refractivity contribution in [1.29, 1.82) is 0 Å². The second-order valence-electron chi connectivity index (χ2n) is 3.76. The highest BCUT2D eigenvalue weighted by molar-refractivity contribution is 5.49. The van der Waals surface area contributed by atoms with Crippen molar-refractivity contribution in [2.45, 2.75) is 38.3 Å². The molecule has 1 amide bonds. The van der Waals surface area contributed by atoms with Crippen molar-refractivity contribution in [2.24, 2.45) is 0 Å². The lowest BCUT2D eigenvalue weighted by atomic mass is 9.89. The van der Waals surface area contributed by atoms with E-state index in [0.29, 0.717) is 19.4 Å². The van der Waals surface area contributed by atoms with Crippen LogP contribution in [-0.2, 0) is 4.79 Å². The lowest BCUT2D eigenvalue weighted by Crippen LogP contribution is -2.50. The quantitative estimate of drug-likeness (QED) is 0.559. The maximum Gasteiger partial charge on any atom is 0.210 e. The highest BCUT2D eigenvalue weighted by Crippen LogP contribution is 2.25. The van der Waals surface area contributed by atoms with E-state index in [1.807, 2.05) is 13.8 Å². The number of rotatable bonds is 1. The molecule has 1 rings (SSSR count).